The van der Waals surface area contributed by atoms with Crippen LogP contribution < -0.4 is 0 Å². The fourth-order valence-corrected chi connectivity index (χ4v) is 2.36. The van der Waals surface area contributed by atoms with Gasteiger partial charge in [0.1, 0.15) is 0 Å². The van der Waals surface area contributed by atoms with Crippen LogP contribution in [0.2, 0.25) is 0 Å². The molecule has 0 bridgehead atoms. The van der Waals surface area contributed by atoms with Gasteiger partial charge in [0.05, 0.1) is 6.26 Å². The minimum absolute atomic E-state index is 0.0138. The number of carbonyl (C=O) groups is 1. The molecule has 1 aromatic rings. The summed E-state index contributed by atoms with van der Waals surface area (Å²) in [6.07, 6.45) is 4.21. The first kappa shape index (κ1) is 12.2. The summed E-state index contributed by atoms with van der Waals surface area (Å²) in [5, 5.41) is 9.43. The van der Waals surface area contributed by atoms with E-state index in [9.17, 15) is 9.90 Å². The maximum Gasteiger partial charge on any atom is 0.289 e. The van der Waals surface area contributed by atoms with Gasteiger partial charge in [-0.2, -0.15) is 0 Å². The minimum Gasteiger partial charge on any atom is -0.459 e. The van der Waals surface area contributed by atoms with Crippen molar-refractivity contribution in [3.8, 4) is 0 Å². The molecule has 4 nitrogen and oxygen atoms in total. The maximum atomic E-state index is 12.0. The molecule has 2 rings (SSSR count). The lowest BCUT2D eigenvalue weighted by Gasteiger charge is -2.39. The third kappa shape index (κ3) is 2.36. The third-order valence-corrected chi connectivity index (χ3v) is 3.93. The van der Waals surface area contributed by atoms with Gasteiger partial charge in [-0.15, -0.1) is 0 Å². The van der Waals surface area contributed by atoms with Crippen LogP contribution in [0.5, 0.6) is 0 Å². The van der Waals surface area contributed by atoms with Gasteiger partial charge in [-0.3, -0.25) is 4.79 Å². The van der Waals surface area contributed by atoms with Crippen LogP contribution in [0.15, 0.2) is 22.8 Å². The van der Waals surface area contributed by atoms with Crippen molar-refractivity contribution >= 4 is 5.91 Å². The second kappa shape index (κ2) is 4.92. The van der Waals surface area contributed by atoms with Crippen LogP contribution in [0, 0.1) is 5.41 Å². The van der Waals surface area contributed by atoms with Crippen molar-refractivity contribution in [2.75, 3.05) is 19.7 Å². The summed E-state index contributed by atoms with van der Waals surface area (Å²) in [4.78, 5) is 13.8. The molecule has 1 amide bonds. The molecule has 1 saturated heterocycles. The molecule has 0 spiro atoms. The van der Waals surface area contributed by atoms with E-state index in [-0.39, 0.29) is 17.9 Å². The third-order valence-electron chi connectivity index (χ3n) is 3.93. The summed E-state index contributed by atoms with van der Waals surface area (Å²) in [6.45, 7) is 3.72. The average molecular weight is 237 g/mol. The summed E-state index contributed by atoms with van der Waals surface area (Å²) in [6, 6.07) is 3.41. The molecular formula is C13H19NO3. The molecule has 1 aromatic heterocycles. The minimum atomic E-state index is -0.0438. The van der Waals surface area contributed by atoms with Gasteiger partial charge in [0.2, 0.25) is 0 Å². The first-order chi connectivity index (χ1) is 8.21. The Kier molecular flexibility index (Phi) is 3.52. The van der Waals surface area contributed by atoms with Crippen molar-refractivity contribution in [1.29, 1.82) is 0 Å². The summed E-state index contributed by atoms with van der Waals surface area (Å²) in [7, 11) is 0. The summed E-state index contributed by atoms with van der Waals surface area (Å²) in [5.74, 6) is 0.357. The molecule has 0 aromatic carbocycles. The van der Waals surface area contributed by atoms with Crippen LogP contribution in [0.4, 0.5) is 0 Å². The zero-order chi connectivity index (χ0) is 12.3. The number of carbonyl (C=O) groups excluding carboxylic acids is 1. The zero-order valence-electron chi connectivity index (χ0n) is 10.2. The molecule has 0 atom stereocenters. The van der Waals surface area contributed by atoms with Gasteiger partial charge >= 0.3 is 0 Å². The van der Waals surface area contributed by atoms with E-state index < -0.39 is 0 Å². The molecule has 1 N–H and O–H groups in total. The van der Waals surface area contributed by atoms with Crippen LogP contribution in [-0.2, 0) is 0 Å². The van der Waals surface area contributed by atoms with E-state index in [2.05, 4.69) is 6.92 Å². The largest absolute Gasteiger partial charge is 0.459 e. The number of piperidine rings is 1. The van der Waals surface area contributed by atoms with Crippen molar-refractivity contribution in [1.82, 2.24) is 4.90 Å². The Morgan fingerprint density at radius 3 is 2.71 bits per heavy atom. The smallest absolute Gasteiger partial charge is 0.289 e. The van der Waals surface area contributed by atoms with Crippen LogP contribution >= 0.6 is 0 Å². The van der Waals surface area contributed by atoms with Crippen molar-refractivity contribution in [3.63, 3.8) is 0 Å². The van der Waals surface area contributed by atoms with Gasteiger partial charge in [-0.05, 0) is 36.8 Å². The highest BCUT2D eigenvalue weighted by Gasteiger charge is 2.34. The fourth-order valence-electron chi connectivity index (χ4n) is 2.36. The van der Waals surface area contributed by atoms with Crippen molar-refractivity contribution in [2.24, 2.45) is 5.41 Å². The van der Waals surface area contributed by atoms with Crippen LogP contribution in [0.25, 0.3) is 0 Å². The monoisotopic (exact) mass is 237 g/mol. The number of nitrogens with zero attached hydrogens (tertiary/aromatic N) is 1. The van der Waals surface area contributed by atoms with E-state index in [1.807, 2.05) is 4.90 Å². The van der Waals surface area contributed by atoms with Crippen LogP contribution in [0.1, 0.15) is 36.7 Å². The van der Waals surface area contributed by atoms with Gasteiger partial charge in [-0.25, -0.2) is 0 Å². The summed E-state index contributed by atoms with van der Waals surface area (Å²) in [5.41, 5.74) is 0.0138. The van der Waals surface area contributed by atoms with Gasteiger partial charge in [0.15, 0.2) is 5.76 Å². The van der Waals surface area contributed by atoms with E-state index in [4.69, 9.17) is 4.42 Å². The molecule has 1 aliphatic rings. The average Bonchev–Trinajstić information content (AvgIpc) is 2.92. The Bertz CT molecular complexity index is 358. The number of hydrogen-bond donors (Lipinski definition) is 1. The van der Waals surface area contributed by atoms with E-state index in [1.165, 1.54) is 6.26 Å². The number of rotatable bonds is 3. The first-order valence-electron chi connectivity index (χ1n) is 6.14. The number of amides is 1. The Hall–Kier alpha value is -1.29. The molecule has 0 saturated carbocycles. The molecule has 0 aliphatic carbocycles. The highest BCUT2D eigenvalue weighted by molar-refractivity contribution is 5.91. The maximum absolute atomic E-state index is 12.0. The molecule has 17 heavy (non-hydrogen) atoms. The van der Waals surface area contributed by atoms with Crippen molar-refractivity contribution in [2.45, 2.75) is 26.2 Å². The predicted octanol–water partition coefficient (Wildman–Crippen LogP) is 1.90. The highest BCUT2D eigenvalue weighted by atomic mass is 16.3. The predicted molar refractivity (Wildman–Crippen MR) is 63.7 cm³/mol. The number of likely N-dealkylation sites (tertiary alicyclic amines) is 1. The van der Waals surface area contributed by atoms with Crippen LogP contribution in [0.3, 0.4) is 0 Å². The molecular weight excluding hydrogens is 218 g/mol. The number of hydrogen-bond acceptors (Lipinski definition) is 3. The molecule has 94 valence electrons. The lowest BCUT2D eigenvalue weighted by molar-refractivity contribution is 0.0320. The normalized spacial score (nSPS) is 19.3. The standard InChI is InChI=1S/C13H19NO3/c1-2-13(10-15)5-7-14(8-6-13)12(16)11-4-3-9-17-11/h3-4,9,15H,2,5-8,10H2,1H3. The van der Waals surface area contributed by atoms with Gasteiger partial charge in [-0.1, -0.05) is 6.92 Å². The topological polar surface area (TPSA) is 53.7 Å². The molecule has 4 heteroatoms. The van der Waals surface area contributed by atoms with E-state index >= 15 is 0 Å². The second-order valence-corrected chi connectivity index (χ2v) is 4.78. The lowest BCUT2D eigenvalue weighted by atomic mass is 9.77. The quantitative estimate of drug-likeness (QED) is 0.873. The molecule has 1 fully saturated rings. The second-order valence-electron chi connectivity index (χ2n) is 4.78. The number of furan rings is 1. The highest BCUT2D eigenvalue weighted by Crippen LogP contribution is 2.34. The first-order valence-corrected chi connectivity index (χ1v) is 6.14. The van der Waals surface area contributed by atoms with E-state index in [0.29, 0.717) is 18.8 Å². The molecule has 2 heterocycles. The van der Waals surface area contributed by atoms with Gasteiger partial charge in [0.25, 0.3) is 5.91 Å². The molecule has 0 unspecified atom stereocenters. The van der Waals surface area contributed by atoms with E-state index in [0.717, 1.165) is 19.3 Å². The molecule has 1 aliphatic heterocycles. The number of aliphatic hydroxyl groups is 1. The van der Waals surface area contributed by atoms with Gasteiger partial charge in [0, 0.05) is 19.7 Å². The fraction of sp³-hybridized carbons (Fsp3) is 0.615. The Balaban J connectivity index is 1.97. The van der Waals surface area contributed by atoms with E-state index in [1.54, 1.807) is 12.1 Å². The van der Waals surface area contributed by atoms with Crippen molar-refractivity contribution < 1.29 is 14.3 Å². The van der Waals surface area contributed by atoms with Gasteiger partial charge < -0.3 is 14.4 Å². The lowest BCUT2D eigenvalue weighted by Crippen LogP contribution is -2.44. The summed E-state index contributed by atoms with van der Waals surface area (Å²) >= 11 is 0. The zero-order valence-corrected chi connectivity index (χ0v) is 10.2. The van der Waals surface area contributed by atoms with Crippen molar-refractivity contribution in [3.05, 3.63) is 24.2 Å². The summed E-state index contributed by atoms with van der Waals surface area (Å²) < 4.78 is 5.11. The Labute approximate surface area is 101 Å². The Morgan fingerprint density at radius 1 is 1.53 bits per heavy atom. The SMILES string of the molecule is CCC1(CO)CCN(C(=O)c2ccco2)CC1. The van der Waals surface area contributed by atoms with Crippen LogP contribution in [-0.4, -0.2) is 35.6 Å². The number of aliphatic hydroxyl groups excluding tert-OH is 1. The molecule has 0 radical (unpaired) electrons. The Morgan fingerprint density at radius 2 is 2.24 bits per heavy atom.